The Morgan fingerprint density at radius 1 is 1.38 bits per heavy atom. The summed E-state index contributed by atoms with van der Waals surface area (Å²) in [6.07, 6.45) is 4.61. The molecule has 92 valence electrons. The first-order chi connectivity index (χ1) is 7.58. The average Bonchev–Trinajstić information content (AvgIpc) is 2.67. The number of amides is 1. The highest BCUT2D eigenvalue weighted by atomic mass is 16.4. The predicted octanol–water partition coefficient (Wildman–Crippen LogP) is 0.452. The highest BCUT2D eigenvalue weighted by Crippen LogP contribution is 2.17. The second-order valence-electron chi connectivity index (χ2n) is 4.43. The van der Waals surface area contributed by atoms with Crippen LogP contribution in [0.25, 0.3) is 0 Å². The van der Waals surface area contributed by atoms with Gasteiger partial charge in [0.1, 0.15) is 0 Å². The fourth-order valence-electron chi connectivity index (χ4n) is 1.95. The zero-order chi connectivity index (χ0) is 12.0. The Labute approximate surface area is 95.8 Å². The monoisotopic (exact) mass is 228 g/mol. The number of carboxylic acids is 1. The fraction of sp³-hybridized carbons (Fsp3) is 0.818. The summed E-state index contributed by atoms with van der Waals surface area (Å²) >= 11 is 0. The Hall–Kier alpha value is -1.10. The highest BCUT2D eigenvalue weighted by molar-refractivity contribution is 5.78. The average molecular weight is 228 g/mol. The van der Waals surface area contributed by atoms with Crippen molar-refractivity contribution >= 4 is 11.9 Å². The number of carboxylic acid groups (broad SMARTS) is 1. The second-order valence-corrected chi connectivity index (χ2v) is 4.43. The van der Waals surface area contributed by atoms with Crippen molar-refractivity contribution in [3.05, 3.63) is 0 Å². The maximum atomic E-state index is 11.6. The number of nitrogens with zero attached hydrogens (tertiary/aromatic N) is 1. The van der Waals surface area contributed by atoms with Gasteiger partial charge in [-0.3, -0.25) is 14.5 Å². The molecule has 0 aromatic rings. The molecule has 0 heterocycles. The molecule has 2 N–H and O–H groups in total. The molecule has 0 radical (unpaired) electrons. The molecule has 5 nitrogen and oxygen atoms in total. The molecule has 1 fully saturated rings. The van der Waals surface area contributed by atoms with Gasteiger partial charge >= 0.3 is 5.97 Å². The summed E-state index contributed by atoms with van der Waals surface area (Å²) in [4.78, 5) is 23.6. The van der Waals surface area contributed by atoms with Crippen LogP contribution in [-0.2, 0) is 9.59 Å². The van der Waals surface area contributed by atoms with Crippen molar-refractivity contribution in [3.8, 4) is 0 Å². The maximum Gasteiger partial charge on any atom is 0.304 e. The molecule has 16 heavy (non-hydrogen) atoms. The van der Waals surface area contributed by atoms with Gasteiger partial charge in [0.25, 0.3) is 0 Å². The molecular weight excluding hydrogens is 208 g/mol. The van der Waals surface area contributed by atoms with Crippen molar-refractivity contribution < 1.29 is 14.7 Å². The quantitative estimate of drug-likeness (QED) is 0.692. The molecule has 0 spiro atoms. The molecule has 0 aromatic carbocycles. The molecule has 0 atom stereocenters. The van der Waals surface area contributed by atoms with Crippen LogP contribution >= 0.6 is 0 Å². The van der Waals surface area contributed by atoms with E-state index in [1.165, 1.54) is 12.8 Å². The van der Waals surface area contributed by atoms with Crippen molar-refractivity contribution in [3.63, 3.8) is 0 Å². The summed E-state index contributed by atoms with van der Waals surface area (Å²) in [5.41, 5.74) is 0. The SMILES string of the molecule is CN(CCC(=O)O)CC(=O)NC1CCCC1. The summed E-state index contributed by atoms with van der Waals surface area (Å²) < 4.78 is 0. The zero-order valence-corrected chi connectivity index (χ0v) is 9.74. The Kier molecular flexibility index (Phi) is 5.25. The third-order valence-electron chi connectivity index (χ3n) is 2.84. The van der Waals surface area contributed by atoms with Crippen LogP contribution in [0.4, 0.5) is 0 Å². The molecule has 1 rings (SSSR count). The molecule has 0 aromatic heterocycles. The lowest BCUT2D eigenvalue weighted by atomic mass is 10.2. The molecule has 0 aliphatic heterocycles. The first-order valence-electron chi connectivity index (χ1n) is 5.77. The topological polar surface area (TPSA) is 69.6 Å². The van der Waals surface area contributed by atoms with Crippen molar-refractivity contribution in [1.29, 1.82) is 0 Å². The second kappa shape index (κ2) is 6.48. The lowest BCUT2D eigenvalue weighted by Crippen LogP contribution is -2.40. The number of aliphatic carboxylic acids is 1. The van der Waals surface area contributed by atoms with Crippen molar-refractivity contribution in [2.45, 2.75) is 38.1 Å². The van der Waals surface area contributed by atoms with Gasteiger partial charge < -0.3 is 10.4 Å². The van der Waals surface area contributed by atoms with E-state index in [4.69, 9.17) is 5.11 Å². The van der Waals surface area contributed by atoms with Gasteiger partial charge in [-0.2, -0.15) is 0 Å². The van der Waals surface area contributed by atoms with E-state index in [-0.39, 0.29) is 18.9 Å². The van der Waals surface area contributed by atoms with Crippen molar-refractivity contribution in [2.24, 2.45) is 0 Å². The van der Waals surface area contributed by atoms with Crippen LogP contribution < -0.4 is 5.32 Å². The minimum absolute atomic E-state index is 0.000196. The van der Waals surface area contributed by atoms with Crippen LogP contribution in [0.2, 0.25) is 0 Å². The number of hydrogen-bond donors (Lipinski definition) is 2. The van der Waals surface area contributed by atoms with Gasteiger partial charge in [0.2, 0.25) is 5.91 Å². The smallest absolute Gasteiger partial charge is 0.304 e. The van der Waals surface area contributed by atoms with E-state index in [2.05, 4.69) is 5.32 Å². The molecule has 5 heteroatoms. The summed E-state index contributed by atoms with van der Waals surface area (Å²) in [5.74, 6) is -0.831. The van der Waals surface area contributed by atoms with E-state index in [0.717, 1.165) is 12.8 Å². The van der Waals surface area contributed by atoms with Gasteiger partial charge in [-0.05, 0) is 19.9 Å². The Morgan fingerprint density at radius 3 is 2.56 bits per heavy atom. The molecule has 1 saturated carbocycles. The minimum atomic E-state index is -0.831. The fourth-order valence-corrected chi connectivity index (χ4v) is 1.95. The van der Waals surface area contributed by atoms with E-state index in [0.29, 0.717) is 12.6 Å². The third kappa shape index (κ3) is 5.11. The van der Waals surface area contributed by atoms with Crippen LogP contribution in [-0.4, -0.2) is 48.1 Å². The van der Waals surface area contributed by atoms with E-state index in [1.807, 2.05) is 0 Å². The van der Waals surface area contributed by atoms with Gasteiger partial charge in [0, 0.05) is 12.6 Å². The first-order valence-corrected chi connectivity index (χ1v) is 5.77. The Morgan fingerprint density at radius 2 is 2.00 bits per heavy atom. The van der Waals surface area contributed by atoms with Crippen LogP contribution in [0.3, 0.4) is 0 Å². The summed E-state index contributed by atoms with van der Waals surface area (Å²) in [6.45, 7) is 0.692. The molecule has 0 saturated heterocycles. The van der Waals surface area contributed by atoms with Crippen LogP contribution in [0, 0.1) is 0 Å². The highest BCUT2D eigenvalue weighted by Gasteiger charge is 2.17. The summed E-state index contributed by atoms with van der Waals surface area (Å²) in [6, 6.07) is 0.334. The molecule has 1 amide bonds. The summed E-state index contributed by atoms with van der Waals surface area (Å²) in [7, 11) is 1.76. The normalized spacial score (nSPS) is 16.6. The zero-order valence-electron chi connectivity index (χ0n) is 9.74. The number of carbonyl (C=O) groups excluding carboxylic acids is 1. The molecule has 1 aliphatic rings. The van der Waals surface area contributed by atoms with Gasteiger partial charge in [0.15, 0.2) is 0 Å². The predicted molar refractivity (Wildman–Crippen MR) is 60.1 cm³/mol. The number of nitrogens with one attached hydrogen (secondary N) is 1. The molecule has 0 unspecified atom stereocenters. The van der Waals surface area contributed by atoms with Crippen molar-refractivity contribution in [2.75, 3.05) is 20.1 Å². The Bertz CT molecular complexity index is 250. The standard InChI is InChI=1S/C11H20N2O3/c1-13(7-6-11(15)16)8-10(14)12-9-4-2-3-5-9/h9H,2-8H2,1H3,(H,12,14)(H,15,16). The summed E-state index contributed by atoms with van der Waals surface area (Å²) in [5, 5.41) is 11.5. The Balaban J connectivity index is 2.14. The van der Waals surface area contributed by atoms with Gasteiger partial charge in [-0.15, -0.1) is 0 Å². The molecule has 1 aliphatic carbocycles. The third-order valence-corrected chi connectivity index (χ3v) is 2.84. The van der Waals surface area contributed by atoms with E-state index >= 15 is 0 Å². The van der Waals surface area contributed by atoms with E-state index < -0.39 is 5.97 Å². The lowest BCUT2D eigenvalue weighted by molar-refractivity contribution is -0.137. The number of rotatable bonds is 6. The lowest BCUT2D eigenvalue weighted by Gasteiger charge is -2.17. The van der Waals surface area contributed by atoms with Crippen molar-refractivity contribution in [1.82, 2.24) is 10.2 Å². The van der Waals surface area contributed by atoms with Crippen LogP contribution in [0.1, 0.15) is 32.1 Å². The molecular formula is C11H20N2O3. The van der Waals surface area contributed by atoms with E-state index in [1.54, 1.807) is 11.9 Å². The van der Waals surface area contributed by atoms with Gasteiger partial charge in [-0.25, -0.2) is 0 Å². The van der Waals surface area contributed by atoms with Gasteiger partial charge in [-0.1, -0.05) is 12.8 Å². The number of carbonyl (C=O) groups is 2. The van der Waals surface area contributed by atoms with Gasteiger partial charge in [0.05, 0.1) is 13.0 Å². The maximum absolute atomic E-state index is 11.6. The van der Waals surface area contributed by atoms with Crippen LogP contribution in [0.5, 0.6) is 0 Å². The number of likely N-dealkylation sites (N-methyl/N-ethyl adjacent to an activating group) is 1. The minimum Gasteiger partial charge on any atom is -0.481 e. The van der Waals surface area contributed by atoms with E-state index in [9.17, 15) is 9.59 Å². The first kappa shape index (κ1) is 13.0. The molecule has 0 bridgehead atoms. The number of hydrogen-bond acceptors (Lipinski definition) is 3. The van der Waals surface area contributed by atoms with Crippen LogP contribution in [0.15, 0.2) is 0 Å². The largest absolute Gasteiger partial charge is 0.481 e.